The van der Waals surface area contributed by atoms with E-state index in [9.17, 15) is 4.79 Å². The molecule has 1 aromatic rings. The van der Waals surface area contributed by atoms with Crippen molar-refractivity contribution in [3.05, 3.63) is 47.0 Å². The van der Waals surface area contributed by atoms with Crippen molar-refractivity contribution < 1.29 is 4.79 Å². The van der Waals surface area contributed by atoms with Gasteiger partial charge in [-0.2, -0.15) is 0 Å². The maximum Gasteiger partial charge on any atom is 0.150 e. The van der Waals surface area contributed by atoms with E-state index in [1.165, 1.54) is 0 Å². The number of hydrogen-bond donors (Lipinski definition) is 0. The second kappa shape index (κ2) is 4.45. The van der Waals surface area contributed by atoms with Crippen LogP contribution in [0.1, 0.15) is 21.5 Å². The molecule has 17 heavy (non-hydrogen) atoms. The third-order valence-electron chi connectivity index (χ3n) is 3.25. The van der Waals surface area contributed by atoms with Crippen molar-refractivity contribution in [3.8, 4) is 0 Å². The summed E-state index contributed by atoms with van der Waals surface area (Å²) in [5.41, 5.74) is 3.51. The Bertz CT molecular complexity index is 492. The van der Waals surface area contributed by atoms with Gasteiger partial charge in [0, 0.05) is 5.56 Å². The van der Waals surface area contributed by atoms with Crippen LogP contribution in [0.25, 0.3) is 12.2 Å². The summed E-state index contributed by atoms with van der Waals surface area (Å²) < 4.78 is 0. The van der Waals surface area contributed by atoms with E-state index in [1.807, 2.05) is 12.1 Å². The highest BCUT2D eigenvalue weighted by Gasteiger charge is 2.23. The zero-order chi connectivity index (χ0) is 12.5. The van der Waals surface area contributed by atoms with E-state index in [-0.39, 0.29) is 0 Å². The van der Waals surface area contributed by atoms with Gasteiger partial charge in [-0.1, -0.05) is 62.1 Å². The van der Waals surface area contributed by atoms with Crippen molar-refractivity contribution >= 4 is 26.5 Å². The summed E-state index contributed by atoms with van der Waals surface area (Å²) in [6, 6.07) is 5.88. The van der Waals surface area contributed by atoms with Gasteiger partial charge in [0.15, 0.2) is 6.29 Å². The predicted octanol–water partition coefficient (Wildman–Crippen LogP) is 4.25. The number of hydrogen-bond acceptors (Lipinski definition) is 1. The van der Waals surface area contributed by atoms with Crippen molar-refractivity contribution in [1.82, 2.24) is 0 Å². The first-order valence-corrected chi connectivity index (χ1v) is 9.55. The molecule has 1 nitrogen and oxygen atoms in total. The van der Waals surface area contributed by atoms with Crippen molar-refractivity contribution in [3.63, 3.8) is 0 Å². The largest absolute Gasteiger partial charge is 0.298 e. The van der Waals surface area contributed by atoms with Gasteiger partial charge in [0.1, 0.15) is 0 Å². The van der Waals surface area contributed by atoms with E-state index in [1.54, 1.807) is 0 Å². The van der Waals surface area contributed by atoms with Gasteiger partial charge in [-0.15, -0.1) is 0 Å². The van der Waals surface area contributed by atoms with Gasteiger partial charge >= 0.3 is 0 Å². The van der Waals surface area contributed by atoms with Crippen LogP contribution < -0.4 is 0 Å². The quantitative estimate of drug-likeness (QED) is 0.560. The van der Waals surface area contributed by atoms with Crippen LogP contribution in [-0.4, -0.2) is 14.4 Å². The molecule has 1 unspecified atom stereocenters. The summed E-state index contributed by atoms with van der Waals surface area (Å²) in [7, 11) is -1.22. The van der Waals surface area contributed by atoms with Crippen molar-refractivity contribution in [2.45, 2.75) is 25.2 Å². The number of fused-ring (bicyclic) bond motifs is 1. The van der Waals surface area contributed by atoms with Crippen LogP contribution in [0.3, 0.4) is 0 Å². The average molecular weight is 242 g/mol. The van der Waals surface area contributed by atoms with Crippen LogP contribution in [0.5, 0.6) is 0 Å². The second-order valence-corrected chi connectivity index (χ2v) is 11.0. The molecule has 1 aliphatic carbocycles. The number of allylic oxidation sites excluding steroid dienone is 2. The Morgan fingerprint density at radius 3 is 2.47 bits per heavy atom. The summed E-state index contributed by atoms with van der Waals surface area (Å²) in [4.78, 5) is 11.0. The molecule has 0 saturated carbocycles. The summed E-state index contributed by atoms with van der Waals surface area (Å²) in [5.74, 6) is 0. The highest BCUT2D eigenvalue weighted by atomic mass is 28.3. The molecule has 0 radical (unpaired) electrons. The van der Waals surface area contributed by atoms with Gasteiger partial charge in [-0.25, -0.2) is 0 Å². The fourth-order valence-electron chi connectivity index (χ4n) is 2.09. The van der Waals surface area contributed by atoms with Crippen molar-refractivity contribution in [2.75, 3.05) is 0 Å². The molecule has 0 bridgehead atoms. The predicted molar refractivity (Wildman–Crippen MR) is 77.0 cm³/mol. The van der Waals surface area contributed by atoms with Crippen LogP contribution in [0.4, 0.5) is 0 Å². The lowest BCUT2D eigenvalue weighted by Crippen LogP contribution is -2.25. The molecule has 0 spiro atoms. The van der Waals surface area contributed by atoms with Gasteiger partial charge in [-0.05, 0) is 16.7 Å². The van der Waals surface area contributed by atoms with E-state index in [4.69, 9.17) is 0 Å². The van der Waals surface area contributed by atoms with Crippen molar-refractivity contribution in [2.24, 2.45) is 0 Å². The molecule has 88 valence electrons. The minimum Gasteiger partial charge on any atom is -0.298 e. The molecule has 0 N–H and O–H groups in total. The Hall–Kier alpha value is -1.41. The molecule has 0 amide bonds. The van der Waals surface area contributed by atoms with E-state index >= 15 is 0 Å². The molecular formula is C15H18OSi. The smallest absolute Gasteiger partial charge is 0.150 e. The summed E-state index contributed by atoms with van der Waals surface area (Å²) in [6.07, 6.45) is 9.74. The number of carbonyl (C=O) groups is 1. The Labute approximate surface area is 104 Å². The standard InChI is InChI=1S/C15H18OSi/c1-17(2,3)14-8-7-12-5-4-6-13(11-16)15(12)10-9-14/h4-11,14H,1-3H3. The first-order valence-electron chi connectivity index (χ1n) is 5.97. The summed E-state index contributed by atoms with van der Waals surface area (Å²) in [6.45, 7) is 7.09. The number of benzene rings is 1. The topological polar surface area (TPSA) is 17.1 Å². The molecule has 0 saturated heterocycles. The normalized spacial score (nSPS) is 18.6. The monoisotopic (exact) mass is 242 g/mol. The molecule has 1 atom stereocenters. The zero-order valence-corrected chi connectivity index (χ0v) is 11.6. The minimum absolute atomic E-state index is 0.536. The van der Waals surface area contributed by atoms with Crippen LogP contribution in [0.15, 0.2) is 30.4 Å². The van der Waals surface area contributed by atoms with Gasteiger partial charge in [0.25, 0.3) is 0 Å². The van der Waals surface area contributed by atoms with E-state index in [0.29, 0.717) is 5.54 Å². The molecule has 2 rings (SSSR count). The number of aldehydes is 1. The highest BCUT2D eigenvalue weighted by Crippen LogP contribution is 2.31. The lowest BCUT2D eigenvalue weighted by molar-refractivity contribution is 0.112. The SMILES string of the molecule is C[Si](C)(C)C1C=Cc2cccc(C=O)c2C=C1. The second-order valence-electron chi connectivity index (χ2n) is 5.58. The fraction of sp³-hybridized carbons (Fsp3) is 0.267. The molecule has 0 aliphatic heterocycles. The molecule has 1 aliphatic rings. The summed E-state index contributed by atoms with van der Waals surface area (Å²) >= 11 is 0. The van der Waals surface area contributed by atoms with E-state index in [0.717, 1.165) is 23.0 Å². The highest BCUT2D eigenvalue weighted by molar-refractivity contribution is 6.78. The summed E-state index contributed by atoms with van der Waals surface area (Å²) in [5, 5.41) is 0. The molecule has 0 heterocycles. The molecule has 0 aromatic heterocycles. The lowest BCUT2D eigenvalue weighted by Gasteiger charge is -2.22. The minimum atomic E-state index is -1.22. The molecular weight excluding hydrogens is 224 g/mol. The molecule has 2 heteroatoms. The van der Waals surface area contributed by atoms with Crippen LogP contribution >= 0.6 is 0 Å². The Kier molecular flexibility index (Phi) is 3.16. The first-order chi connectivity index (χ1) is 8.02. The molecule has 1 aromatic carbocycles. The third-order valence-corrected chi connectivity index (χ3v) is 5.64. The molecule has 0 fully saturated rings. The van der Waals surface area contributed by atoms with Gasteiger partial charge in [-0.3, -0.25) is 4.79 Å². The maximum absolute atomic E-state index is 11.0. The Morgan fingerprint density at radius 1 is 1.12 bits per heavy atom. The average Bonchev–Trinajstić information content (AvgIpc) is 2.49. The first kappa shape index (κ1) is 12.1. The van der Waals surface area contributed by atoms with E-state index in [2.05, 4.69) is 50.0 Å². The van der Waals surface area contributed by atoms with Gasteiger partial charge < -0.3 is 0 Å². The Balaban J connectivity index is 2.48. The van der Waals surface area contributed by atoms with Gasteiger partial charge in [0.05, 0.1) is 8.07 Å². The van der Waals surface area contributed by atoms with E-state index < -0.39 is 8.07 Å². The van der Waals surface area contributed by atoms with Crippen LogP contribution in [0, 0.1) is 0 Å². The maximum atomic E-state index is 11.0. The Morgan fingerprint density at radius 2 is 1.82 bits per heavy atom. The van der Waals surface area contributed by atoms with Gasteiger partial charge in [0.2, 0.25) is 0 Å². The number of carbonyl (C=O) groups excluding carboxylic acids is 1. The number of rotatable bonds is 2. The zero-order valence-electron chi connectivity index (χ0n) is 10.6. The van der Waals surface area contributed by atoms with Crippen LogP contribution in [-0.2, 0) is 0 Å². The van der Waals surface area contributed by atoms with Crippen molar-refractivity contribution in [1.29, 1.82) is 0 Å². The van der Waals surface area contributed by atoms with Crippen LogP contribution in [0.2, 0.25) is 25.2 Å². The lowest BCUT2D eigenvalue weighted by atomic mass is 10.0. The fourth-order valence-corrected chi connectivity index (χ4v) is 3.44. The third kappa shape index (κ3) is 2.47.